The number of ether oxygens (including phenoxy) is 3. The number of hydrogen-bond acceptors (Lipinski definition) is 9. The van der Waals surface area contributed by atoms with Gasteiger partial charge in [0, 0.05) is 5.92 Å². The van der Waals surface area contributed by atoms with E-state index in [1.54, 1.807) is 12.1 Å². The lowest BCUT2D eigenvalue weighted by Crippen LogP contribution is -2.59. The van der Waals surface area contributed by atoms with Gasteiger partial charge in [-0.1, -0.05) is 6.07 Å². The van der Waals surface area contributed by atoms with Crippen molar-refractivity contribution in [1.29, 1.82) is 0 Å². The molecule has 1 fully saturated rings. The van der Waals surface area contributed by atoms with Crippen molar-refractivity contribution in [3.63, 3.8) is 0 Å². The van der Waals surface area contributed by atoms with Gasteiger partial charge in [-0.05, 0) is 17.7 Å². The van der Waals surface area contributed by atoms with Crippen LogP contribution in [0, 0.1) is 0 Å². The van der Waals surface area contributed by atoms with Gasteiger partial charge in [-0.3, -0.25) is 0 Å². The van der Waals surface area contributed by atoms with Gasteiger partial charge in [0.05, 0.1) is 26.9 Å². The normalized spacial score (nSPS) is 30.9. The first-order valence-corrected chi connectivity index (χ1v) is 7.82. The molecule has 0 amide bonds. The third-order valence-corrected chi connectivity index (χ3v) is 4.21. The minimum absolute atomic E-state index is 0.0437. The molecule has 9 nitrogen and oxygen atoms in total. The summed E-state index contributed by atoms with van der Waals surface area (Å²) in [5.74, 6) is -0.316. The second-order valence-corrected chi connectivity index (χ2v) is 5.84. The van der Waals surface area contributed by atoms with Crippen LogP contribution in [0.3, 0.4) is 0 Å². The molecule has 1 heterocycles. The van der Waals surface area contributed by atoms with Crippen molar-refractivity contribution in [2.75, 3.05) is 26.9 Å². The summed E-state index contributed by atoms with van der Waals surface area (Å²) >= 11 is 0. The maximum absolute atomic E-state index is 9.94. The van der Waals surface area contributed by atoms with Gasteiger partial charge in [-0.15, -0.1) is 0 Å². The van der Waals surface area contributed by atoms with E-state index in [-0.39, 0.29) is 24.7 Å². The maximum atomic E-state index is 9.94. The monoisotopic (exact) mass is 360 g/mol. The quantitative estimate of drug-likeness (QED) is 0.334. The zero-order valence-corrected chi connectivity index (χ0v) is 13.7. The van der Waals surface area contributed by atoms with E-state index >= 15 is 0 Å². The highest BCUT2D eigenvalue weighted by molar-refractivity contribution is 5.42. The average molecular weight is 360 g/mol. The van der Waals surface area contributed by atoms with E-state index in [0.717, 1.165) is 0 Å². The summed E-state index contributed by atoms with van der Waals surface area (Å²) in [6.45, 7) is -0.915. The van der Waals surface area contributed by atoms with Crippen LogP contribution in [0.1, 0.15) is 11.5 Å². The van der Waals surface area contributed by atoms with Crippen LogP contribution in [-0.2, 0) is 9.47 Å². The summed E-state index contributed by atoms with van der Waals surface area (Å²) in [5.41, 5.74) is 0.627. The van der Waals surface area contributed by atoms with Gasteiger partial charge in [0.25, 0.3) is 0 Å². The van der Waals surface area contributed by atoms with Gasteiger partial charge in [-0.2, -0.15) is 0 Å². The molecule has 0 spiro atoms. The fourth-order valence-electron chi connectivity index (χ4n) is 2.62. The molecule has 0 aliphatic carbocycles. The Morgan fingerprint density at radius 3 is 2.44 bits per heavy atom. The van der Waals surface area contributed by atoms with E-state index in [1.165, 1.54) is 13.2 Å². The van der Waals surface area contributed by atoms with E-state index in [1.807, 2.05) is 0 Å². The Morgan fingerprint density at radius 1 is 1.12 bits per heavy atom. The van der Waals surface area contributed by atoms with Crippen molar-refractivity contribution in [2.24, 2.45) is 0 Å². The zero-order valence-electron chi connectivity index (χ0n) is 13.7. The summed E-state index contributed by atoms with van der Waals surface area (Å²) in [6, 6.07) is 4.56. The fourth-order valence-corrected chi connectivity index (χ4v) is 2.62. The molecule has 2 rings (SSSR count). The zero-order chi connectivity index (χ0) is 18.6. The van der Waals surface area contributed by atoms with Gasteiger partial charge < -0.3 is 44.8 Å². The summed E-state index contributed by atoms with van der Waals surface area (Å²) in [6.07, 6.45) is -6.84. The van der Waals surface area contributed by atoms with Crippen LogP contribution in [0.15, 0.2) is 18.2 Å². The first kappa shape index (κ1) is 19.9. The van der Waals surface area contributed by atoms with Gasteiger partial charge in [0.15, 0.2) is 17.8 Å². The Hall–Kier alpha value is -1.46. The van der Waals surface area contributed by atoms with Crippen molar-refractivity contribution < 1.29 is 44.8 Å². The molecule has 0 bridgehead atoms. The number of phenols is 1. The summed E-state index contributed by atoms with van der Waals surface area (Å²) < 4.78 is 15.7. The molecular weight excluding hydrogens is 336 g/mol. The number of rotatable bonds is 7. The third-order valence-electron chi connectivity index (χ3n) is 4.21. The molecular formula is C16H24O9. The van der Waals surface area contributed by atoms with Crippen molar-refractivity contribution in [3.8, 4) is 11.5 Å². The Kier molecular flexibility index (Phi) is 6.96. The smallest absolute Gasteiger partial charge is 0.186 e. The SMILES string of the molecule is COc1cc([C@@H](CO)CO[C@H]2O[C@H](CO)[C@@H](O)[C@H](O)[C@H]2O)ccc1O. The fraction of sp³-hybridized carbons (Fsp3) is 0.625. The Morgan fingerprint density at radius 2 is 1.84 bits per heavy atom. The molecule has 0 aromatic heterocycles. The number of aliphatic hydroxyl groups is 5. The predicted molar refractivity (Wildman–Crippen MR) is 84.2 cm³/mol. The Labute approximate surface area is 144 Å². The molecule has 0 unspecified atom stereocenters. The van der Waals surface area contributed by atoms with Crippen molar-refractivity contribution in [2.45, 2.75) is 36.6 Å². The molecule has 142 valence electrons. The lowest BCUT2D eigenvalue weighted by molar-refractivity contribution is -0.302. The number of hydrogen-bond donors (Lipinski definition) is 6. The highest BCUT2D eigenvalue weighted by atomic mass is 16.7. The van der Waals surface area contributed by atoms with Crippen molar-refractivity contribution in [1.82, 2.24) is 0 Å². The van der Waals surface area contributed by atoms with Gasteiger partial charge in [0.2, 0.25) is 0 Å². The van der Waals surface area contributed by atoms with Crippen molar-refractivity contribution >= 4 is 0 Å². The number of phenolic OH excluding ortho intramolecular Hbond substituents is 1. The first-order valence-electron chi connectivity index (χ1n) is 7.82. The molecule has 0 saturated carbocycles. The van der Waals surface area contributed by atoms with E-state index < -0.39 is 43.2 Å². The van der Waals surface area contributed by atoms with Gasteiger partial charge >= 0.3 is 0 Å². The van der Waals surface area contributed by atoms with Crippen LogP contribution in [0.4, 0.5) is 0 Å². The van der Waals surface area contributed by atoms with E-state index in [0.29, 0.717) is 5.56 Å². The minimum Gasteiger partial charge on any atom is -0.504 e. The Bertz CT molecular complexity index is 550. The second kappa shape index (κ2) is 8.77. The molecule has 6 N–H and O–H groups in total. The lowest BCUT2D eigenvalue weighted by Gasteiger charge is -2.40. The van der Waals surface area contributed by atoms with Crippen LogP contribution in [0.5, 0.6) is 11.5 Å². The largest absolute Gasteiger partial charge is 0.504 e. The van der Waals surface area contributed by atoms with Crippen molar-refractivity contribution in [3.05, 3.63) is 23.8 Å². The number of aromatic hydroxyl groups is 1. The number of aliphatic hydroxyl groups excluding tert-OH is 5. The second-order valence-electron chi connectivity index (χ2n) is 5.84. The first-order chi connectivity index (χ1) is 11.9. The van der Waals surface area contributed by atoms with E-state index in [2.05, 4.69) is 0 Å². The average Bonchev–Trinajstić information content (AvgIpc) is 2.63. The van der Waals surface area contributed by atoms with E-state index in [9.17, 15) is 25.5 Å². The minimum atomic E-state index is -1.53. The maximum Gasteiger partial charge on any atom is 0.186 e. The molecule has 1 saturated heterocycles. The molecule has 25 heavy (non-hydrogen) atoms. The standard InChI is InChI=1S/C16H24O9/c1-23-11-4-8(2-3-10(11)19)9(5-17)7-24-16-15(22)14(21)13(20)12(6-18)25-16/h2-4,9,12-22H,5-7H2,1H3/t9-,12+,13+,14-,15+,16-/m0/s1. The molecule has 1 aromatic rings. The summed E-state index contributed by atoms with van der Waals surface area (Å²) in [5, 5.41) is 57.8. The number of benzene rings is 1. The van der Waals surface area contributed by atoms with Crippen LogP contribution in [-0.4, -0.2) is 88.3 Å². The highest BCUT2D eigenvalue weighted by Gasteiger charge is 2.44. The molecule has 6 atom stereocenters. The van der Waals surface area contributed by atoms with Crippen LogP contribution >= 0.6 is 0 Å². The molecule has 1 aliphatic heterocycles. The van der Waals surface area contributed by atoms with E-state index in [4.69, 9.17) is 19.3 Å². The van der Waals surface area contributed by atoms with Gasteiger partial charge in [0.1, 0.15) is 24.4 Å². The van der Waals surface area contributed by atoms with Crippen LogP contribution < -0.4 is 4.74 Å². The van der Waals surface area contributed by atoms with Crippen LogP contribution in [0.25, 0.3) is 0 Å². The molecule has 9 heteroatoms. The summed E-state index contributed by atoms with van der Waals surface area (Å²) in [4.78, 5) is 0. The topological polar surface area (TPSA) is 149 Å². The lowest BCUT2D eigenvalue weighted by atomic mass is 9.98. The van der Waals surface area contributed by atoms with Crippen LogP contribution in [0.2, 0.25) is 0 Å². The third kappa shape index (κ3) is 4.39. The molecule has 1 aliphatic rings. The highest BCUT2D eigenvalue weighted by Crippen LogP contribution is 2.30. The number of methoxy groups -OCH3 is 1. The predicted octanol–water partition coefficient (Wildman–Crippen LogP) is -1.71. The Balaban J connectivity index is 2.04. The van der Waals surface area contributed by atoms with Gasteiger partial charge in [-0.25, -0.2) is 0 Å². The molecule has 0 radical (unpaired) electrons. The molecule has 1 aromatic carbocycles. The summed E-state index contributed by atoms with van der Waals surface area (Å²) in [7, 11) is 1.40.